The van der Waals surface area contributed by atoms with E-state index in [9.17, 15) is 5.11 Å². The van der Waals surface area contributed by atoms with Gasteiger partial charge in [0.25, 0.3) is 0 Å². The summed E-state index contributed by atoms with van der Waals surface area (Å²) in [4.78, 5) is 0. The molecule has 0 bridgehead atoms. The summed E-state index contributed by atoms with van der Waals surface area (Å²) in [5.41, 5.74) is 0. The zero-order chi connectivity index (χ0) is 11.4. The van der Waals surface area contributed by atoms with E-state index in [-0.39, 0.29) is 6.10 Å². The molecular weight excluding hydrogens is 204 g/mol. The van der Waals surface area contributed by atoms with Gasteiger partial charge in [-0.05, 0) is 25.7 Å². The van der Waals surface area contributed by atoms with Crippen molar-refractivity contribution in [2.75, 3.05) is 6.54 Å². The van der Waals surface area contributed by atoms with Crippen molar-refractivity contribution in [3.8, 4) is 0 Å². The topological polar surface area (TPSA) is 63.0 Å². The Labute approximate surface area is 95.9 Å². The van der Waals surface area contributed by atoms with Crippen LogP contribution in [0.25, 0.3) is 0 Å². The van der Waals surface area contributed by atoms with E-state index in [1.165, 1.54) is 0 Å². The Kier molecular flexibility index (Phi) is 3.90. The van der Waals surface area contributed by atoms with Crippen LogP contribution in [0.2, 0.25) is 0 Å². The molecule has 0 saturated heterocycles. The number of nitrogens with zero attached hydrogens (tertiary/aromatic N) is 3. The van der Waals surface area contributed by atoms with Gasteiger partial charge in [-0.3, -0.25) is 0 Å². The molecule has 1 aromatic rings. The Morgan fingerprint density at radius 1 is 1.44 bits per heavy atom. The first-order chi connectivity index (χ1) is 7.75. The first-order valence-electron chi connectivity index (χ1n) is 6.00. The summed E-state index contributed by atoms with van der Waals surface area (Å²) in [6.45, 7) is 0.938. The molecule has 2 N–H and O–H groups in total. The SMILES string of the molecule is Cn1cnnc1CCNC1CCC(O)CC1. The van der Waals surface area contributed by atoms with Gasteiger partial charge in [0.2, 0.25) is 0 Å². The van der Waals surface area contributed by atoms with E-state index in [4.69, 9.17) is 0 Å². The minimum atomic E-state index is -0.0724. The molecule has 5 nitrogen and oxygen atoms in total. The molecule has 1 aliphatic carbocycles. The van der Waals surface area contributed by atoms with Crippen molar-refractivity contribution in [3.05, 3.63) is 12.2 Å². The van der Waals surface area contributed by atoms with Crippen LogP contribution in [0.5, 0.6) is 0 Å². The molecule has 1 aromatic heterocycles. The Balaban J connectivity index is 1.67. The van der Waals surface area contributed by atoms with Crippen molar-refractivity contribution in [3.63, 3.8) is 0 Å². The van der Waals surface area contributed by atoms with Crippen LogP contribution < -0.4 is 5.32 Å². The second kappa shape index (κ2) is 5.41. The Morgan fingerprint density at radius 3 is 2.81 bits per heavy atom. The van der Waals surface area contributed by atoms with Gasteiger partial charge in [0, 0.05) is 26.1 Å². The number of nitrogens with one attached hydrogen (secondary N) is 1. The normalized spacial score (nSPS) is 25.9. The van der Waals surface area contributed by atoms with Crippen molar-refractivity contribution in [2.45, 2.75) is 44.2 Å². The van der Waals surface area contributed by atoms with Crippen LogP contribution in [0.3, 0.4) is 0 Å². The zero-order valence-corrected chi connectivity index (χ0v) is 9.76. The van der Waals surface area contributed by atoms with E-state index < -0.39 is 0 Å². The molecule has 0 aliphatic heterocycles. The fraction of sp³-hybridized carbons (Fsp3) is 0.818. The number of hydrogen-bond donors (Lipinski definition) is 2. The molecule has 0 atom stereocenters. The smallest absolute Gasteiger partial charge is 0.133 e. The molecule has 2 rings (SSSR count). The summed E-state index contributed by atoms with van der Waals surface area (Å²) in [6.07, 6.45) is 6.60. The van der Waals surface area contributed by atoms with E-state index in [1.807, 2.05) is 11.6 Å². The molecular formula is C11H20N4O. The number of aryl methyl sites for hydroxylation is 1. The van der Waals surface area contributed by atoms with Crippen molar-refractivity contribution < 1.29 is 5.11 Å². The highest BCUT2D eigenvalue weighted by Crippen LogP contribution is 2.18. The van der Waals surface area contributed by atoms with Crippen LogP contribution in [0.1, 0.15) is 31.5 Å². The molecule has 0 spiro atoms. The third-order valence-corrected chi connectivity index (χ3v) is 3.28. The van der Waals surface area contributed by atoms with Gasteiger partial charge in [0.1, 0.15) is 12.2 Å². The molecule has 0 amide bonds. The summed E-state index contributed by atoms with van der Waals surface area (Å²) >= 11 is 0. The second-order valence-corrected chi connectivity index (χ2v) is 4.57. The van der Waals surface area contributed by atoms with Gasteiger partial charge in [0.05, 0.1) is 6.10 Å². The lowest BCUT2D eigenvalue weighted by atomic mass is 9.93. The maximum absolute atomic E-state index is 9.39. The number of hydrogen-bond acceptors (Lipinski definition) is 4. The molecule has 0 aromatic carbocycles. The quantitative estimate of drug-likeness (QED) is 0.769. The minimum absolute atomic E-state index is 0.0724. The first kappa shape index (κ1) is 11.5. The highest BCUT2D eigenvalue weighted by Gasteiger charge is 2.18. The Hall–Kier alpha value is -0.940. The molecule has 1 saturated carbocycles. The number of rotatable bonds is 4. The minimum Gasteiger partial charge on any atom is -0.393 e. The molecule has 1 aliphatic rings. The lowest BCUT2D eigenvalue weighted by molar-refractivity contribution is 0.117. The predicted molar refractivity (Wildman–Crippen MR) is 61.0 cm³/mol. The fourth-order valence-corrected chi connectivity index (χ4v) is 2.20. The maximum atomic E-state index is 9.39. The molecule has 5 heteroatoms. The first-order valence-corrected chi connectivity index (χ1v) is 6.00. The van der Waals surface area contributed by atoms with Crippen molar-refractivity contribution in [1.29, 1.82) is 0 Å². The Morgan fingerprint density at radius 2 is 2.19 bits per heavy atom. The average molecular weight is 224 g/mol. The fourth-order valence-electron chi connectivity index (χ4n) is 2.20. The highest BCUT2D eigenvalue weighted by atomic mass is 16.3. The maximum Gasteiger partial charge on any atom is 0.133 e. The van der Waals surface area contributed by atoms with Gasteiger partial charge in [-0.25, -0.2) is 0 Å². The molecule has 16 heavy (non-hydrogen) atoms. The lowest BCUT2D eigenvalue weighted by Gasteiger charge is -2.26. The van der Waals surface area contributed by atoms with Gasteiger partial charge >= 0.3 is 0 Å². The van der Waals surface area contributed by atoms with Crippen LogP contribution in [0, 0.1) is 0 Å². The van der Waals surface area contributed by atoms with Crippen molar-refractivity contribution in [2.24, 2.45) is 7.05 Å². The second-order valence-electron chi connectivity index (χ2n) is 4.57. The molecule has 0 unspecified atom stereocenters. The average Bonchev–Trinajstić information content (AvgIpc) is 2.68. The molecule has 90 valence electrons. The van der Waals surface area contributed by atoms with Crippen LogP contribution in [0.4, 0.5) is 0 Å². The van der Waals surface area contributed by atoms with Crippen LogP contribution >= 0.6 is 0 Å². The summed E-state index contributed by atoms with van der Waals surface area (Å²) < 4.78 is 1.95. The summed E-state index contributed by atoms with van der Waals surface area (Å²) in [5, 5.41) is 20.8. The van der Waals surface area contributed by atoms with E-state index in [2.05, 4.69) is 15.5 Å². The largest absolute Gasteiger partial charge is 0.393 e. The van der Waals surface area contributed by atoms with Gasteiger partial charge in [0.15, 0.2) is 0 Å². The summed E-state index contributed by atoms with van der Waals surface area (Å²) in [5.74, 6) is 1.02. The third-order valence-electron chi connectivity index (χ3n) is 3.28. The Bertz CT molecular complexity index is 318. The van der Waals surface area contributed by atoms with Crippen LogP contribution in [-0.4, -0.2) is 38.6 Å². The van der Waals surface area contributed by atoms with Gasteiger partial charge in [-0.1, -0.05) is 0 Å². The standard InChI is InChI=1S/C11H20N4O/c1-15-8-13-14-11(15)6-7-12-9-2-4-10(16)5-3-9/h8-10,12,16H,2-7H2,1H3. The summed E-state index contributed by atoms with van der Waals surface area (Å²) in [6, 6.07) is 0.566. The van der Waals surface area contributed by atoms with Crippen molar-refractivity contribution in [1.82, 2.24) is 20.1 Å². The zero-order valence-electron chi connectivity index (χ0n) is 9.76. The van der Waals surface area contributed by atoms with E-state index >= 15 is 0 Å². The third kappa shape index (κ3) is 3.02. The molecule has 1 heterocycles. The number of aliphatic hydroxyl groups is 1. The monoisotopic (exact) mass is 224 g/mol. The molecule has 1 fully saturated rings. The highest BCUT2D eigenvalue weighted by molar-refractivity contribution is 4.86. The number of aliphatic hydroxyl groups excluding tert-OH is 1. The van der Waals surface area contributed by atoms with E-state index in [1.54, 1.807) is 6.33 Å². The van der Waals surface area contributed by atoms with Gasteiger partial charge in [-0.2, -0.15) is 0 Å². The van der Waals surface area contributed by atoms with E-state index in [0.717, 1.165) is 44.5 Å². The van der Waals surface area contributed by atoms with Gasteiger partial charge in [-0.15, -0.1) is 10.2 Å². The van der Waals surface area contributed by atoms with Crippen molar-refractivity contribution >= 4 is 0 Å². The van der Waals surface area contributed by atoms with Gasteiger partial charge < -0.3 is 15.0 Å². The van der Waals surface area contributed by atoms with E-state index in [0.29, 0.717) is 6.04 Å². The lowest BCUT2D eigenvalue weighted by Crippen LogP contribution is -2.35. The summed E-state index contributed by atoms with van der Waals surface area (Å²) in [7, 11) is 1.96. The predicted octanol–water partition coefficient (Wildman–Crippen LogP) is 0.251. The van der Waals surface area contributed by atoms with Crippen LogP contribution in [-0.2, 0) is 13.5 Å². The molecule has 0 radical (unpaired) electrons. The number of aromatic nitrogens is 3. The van der Waals surface area contributed by atoms with Crippen LogP contribution in [0.15, 0.2) is 6.33 Å².